The highest BCUT2D eigenvalue weighted by Crippen LogP contribution is 2.05. The van der Waals surface area contributed by atoms with Gasteiger partial charge in [-0.2, -0.15) is 0 Å². The van der Waals surface area contributed by atoms with Gasteiger partial charge in [0.2, 0.25) is 29.5 Å². The van der Waals surface area contributed by atoms with Gasteiger partial charge in [-0.15, -0.1) is 0 Å². The molecule has 0 aromatic carbocycles. The summed E-state index contributed by atoms with van der Waals surface area (Å²) in [7, 11) is 0. The summed E-state index contributed by atoms with van der Waals surface area (Å²) in [6.45, 7) is 9.36. The van der Waals surface area contributed by atoms with Gasteiger partial charge in [0.05, 0.1) is 18.6 Å². The molecule has 0 radical (unpaired) electrons. The van der Waals surface area contributed by atoms with Crippen molar-refractivity contribution in [2.45, 2.75) is 135 Å². The predicted octanol–water partition coefficient (Wildman–Crippen LogP) is 1.94. The first-order chi connectivity index (χ1) is 27.1. The number of carbonyl (C=O) groups excluding carboxylic acids is 5. The molecule has 15 heteroatoms. The van der Waals surface area contributed by atoms with E-state index in [0.717, 1.165) is 44.9 Å². The van der Waals surface area contributed by atoms with Crippen LogP contribution in [0.25, 0.3) is 0 Å². The highest BCUT2D eigenvalue weighted by molar-refractivity contribution is 5.82. The summed E-state index contributed by atoms with van der Waals surface area (Å²) in [5.41, 5.74) is 23.2. The lowest BCUT2D eigenvalue weighted by Gasteiger charge is -2.28. The Kier molecular flexibility index (Phi) is 35.0. The second-order valence-electron chi connectivity index (χ2n) is 14.3. The molecular weight excluding hydrogens is 713 g/mol. The number of amides is 5. The molecule has 0 fully saturated rings. The number of nitrogens with two attached hydrogens (primary N) is 4. The predicted molar refractivity (Wildman–Crippen MR) is 227 cm³/mol. The Balaban J connectivity index is 5.41. The average Bonchev–Trinajstić information content (AvgIpc) is 3.18. The highest BCUT2D eigenvalue weighted by atomic mass is 16.2. The normalized spacial score (nSPS) is 12.6. The summed E-state index contributed by atoms with van der Waals surface area (Å²) in [5, 5.41) is 11.8. The largest absolute Gasteiger partial charge is 0.356 e. The van der Waals surface area contributed by atoms with Gasteiger partial charge in [-0.05, 0) is 96.6 Å². The zero-order chi connectivity index (χ0) is 41.7. The quantitative estimate of drug-likeness (QED) is 0.0336. The molecule has 324 valence electrons. The molecule has 0 spiro atoms. The SMILES string of the molecule is CCC=CCCC(=O)NCCCCN(CCCNC(=O)CCC=CCC)C(=O)CN(CCCNC(=O)[C@H](N)CCCCN)CCCNC(=O)[C@H](N)CCCCN. The summed E-state index contributed by atoms with van der Waals surface area (Å²) in [4.78, 5) is 67.3. The van der Waals surface area contributed by atoms with Gasteiger partial charge in [0.25, 0.3) is 0 Å². The molecule has 0 aromatic rings. The van der Waals surface area contributed by atoms with E-state index in [0.29, 0.717) is 130 Å². The minimum absolute atomic E-state index is 0.0112. The van der Waals surface area contributed by atoms with Crippen LogP contribution in [-0.4, -0.2) is 123 Å². The van der Waals surface area contributed by atoms with Crippen LogP contribution in [0, 0.1) is 0 Å². The van der Waals surface area contributed by atoms with E-state index >= 15 is 0 Å². The third-order valence-corrected chi connectivity index (χ3v) is 9.21. The molecule has 0 aliphatic carbocycles. The van der Waals surface area contributed by atoms with Crippen LogP contribution >= 0.6 is 0 Å². The van der Waals surface area contributed by atoms with Crippen LogP contribution in [-0.2, 0) is 24.0 Å². The van der Waals surface area contributed by atoms with Crippen LogP contribution in [0.4, 0.5) is 0 Å². The first-order valence-corrected chi connectivity index (χ1v) is 21.4. The van der Waals surface area contributed by atoms with E-state index in [4.69, 9.17) is 22.9 Å². The molecule has 5 amide bonds. The van der Waals surface area contributed by atoms with Gasteiger partial charge < -0.3 is 49.1 Å². The van der Waals surface area contributed by atoms with Gasteiger partial charge in [0, 0.05) is 65.2 Å². The van der Waals surface area contributed by atoms with Gasteiger partial charge in [0.1, 0.15) is 0 Å². The maximum Gasteiger partial charge on any atom is 0.236 e. The van der Waals surface area contributed by atoms with Crippen LogP contribution in [0.15, 0.2) is 24.3 Å². The van der Waals surface area contributed by atoms with E-state index in [9.17, 15) is 24.0 Å². The smallest absolute Gasteiger partial charge is 0.236 e. The second kappa shape index (κ2) is 37.2. The van der Waals surface area contributed by atoms with E-state index in [-0.39, 0.29) is 36.1 Å². The molecule has 15 nitrogen and oxygen atoms in total. The number of rotatable bonds is 37. The molecule has 2 atom stereocenters. The number of unbranched alkanes of at least 4 members (excludes halogenated alkanes) is 3. The first-order valence-electron chi connectivity index (χ1n) is 21.4. The fourth-order valence-corrected chi connectivity index (χ4v) is 5.82. The standard InChI is InChI=1S/C41H80N10O5/c1-3-5-7-9-22-37(52)46-26-15-16-32-51(33-19-27-47-38(53)23-10-8-6-4-2)39(54)34-50(30-17-28-48-40(55)35(44)20-11-13-24-42)31-18-29-49-41(56)36(45)21-12-14-25-43/h5-8,35-36H,3-4,9-34,42-45H2,1-2H3,(H,46,52)(H,47,53)(H,48,55)(H,49,56)/t35-,36-/m1/s1. The summed E-state index contributed by atoms with van der Waals surface area (Å²) in [6.07, 6.45) is 20.0. The Morgan fingerprint density at radius 1 is 0.536 bits per heavy atom. The Bertz CT molecular complexity index is 1070. The van der Waals surface area contributed by atoms with Crippen LogP contribution in [0.2, 0.25) is 0 Å². The van der Waals surface area contributed by atoms with Gasteiger partial charge in [0.15, 0.2) is 0 Å². The number of nitrogens with one attached hydrogen (secondary N) is 4. The summed E-state index contributed by atoms with van der Waals surface area (Å²) in [5.74, 6) is -0.428. The maximum atomic E-state index is 13.9. The van der Waals surface area contributed by atoms with E-state index in [1.165, 1.54) is 0 Å². The van der Waals surface area contributed by atoms with E-state index < -0.39 is 12.1 Å². The zero-order valence-electron chi connectivity index (χ0n) is 35.0. The lowest BCUT2D eigenvalue weighted by Crippen LogP contribution is -2.45. The van der Waals surface area contributed by atoms with Gasteiger partial charge in [-0.3, -0.25) is 28.9 Å². The van der Waals surface area contributed by atoms with Gasteiger partial charge in [-0.25, -0.2) is 0 Å². The monoisotopic (exact) mass is 793 g/mol. The van der Waals surface area contributed by atoms with Gasteiger partial charge in [-0.1, -0.05) is 51.0 Å². The van der Waals surface area contributed by atoms with Crippen molar-refractivity contribution in [3.8, 4) is 0 Å². The summed E-state index contributed by atoms with van der Waals surface area (Å²) < 4.78 is 0. The molecule has 0 saturated heterocycles. The minimum Gasteiger partial charge on any atom is -0.356 e. The molecule has 56 heavy (non-hydrogen) atoms. The lowest BCUT2D eigenvalue weighted by molar-refractivity contribution is -0.133. The van der Waals surface area contributed by atoms with Gasteiger partial charge >= 0.3 is 0 Å². The average molecular weight is 793 g/mol. The molecule has 0 unspecified atom stereocenters. The topological polar surface area (TPSA) is 244 Å². The fraction of sp³-hybridized carbons (Fsp3) is 0.780. The second-order valence-corrected chi connectivity index (χ2v) is 14.3. The molecule has 0 aliphatic rings. The highest BCUT2D eigenvalue weighted by Gasteiger charge is 2.19. The van der Waals surface area contributed by atoms with Crippen molar-refractivity contribution in [2.75, 3.05) is 72.0 Å². The van der Waals surface area contributed by atoms with Crippen LogP contribution in [0.3, 0.4) is 0 Å². The van der Waals surface area contributed by atoms with E-state index in [2.05, 4.69) is 46.1 Å². The van der Waals surface area contributed by atoms with Crippen LogP contribution < -0.4 is 44.2 Å². The summed E-state index contributed by atoms with van der Waals surface area (Å²) in [6, 6.07) is -1.17. The molecule has 0 saturated carbocycles. The molecule has 0 aliphatic heterocycles. The molecular formula is C41H80N10O5. The molecule has 0 bridgehead atoms. The Morgan fingerprint density at radius 3 is 1.43 bits per heavy atom. The van der Waals surface area contributed by atoms with Crippen molar-refractivity contribution in [1.82, 2.24) is 31.1 Å². The molecule has 0 heterocycles. The van der Waals surface area contributed by atoms with Crippen molar-refractivity contribution < 1.29 is 24.0 Å². The number of hydrogen-bond donors (Lipinski definition) is 8. The van der Waals surface area contributed by atoms with Crippen molar-refractivity contribution in [2.24, 2.45) is 22.9 Å². The Hall–Kier alpha value is -3.37. The third kappa shape index (κ3) is 30.8. The molecule has 0 aromatic heterocycles. The van der Waals surface area contributed by atoms with Crippen molar-refractivity contribution in [3.63, 3.8) is 0 Å². The zero-order valence-corrected chi connectivity index (χ0v) is 35.0. The van der Waals surface area contributed by atoms with Crippen molar-refractivity contribution >= 4 is 29.5 Å². The molecule has 12 N–H and O–H groups in total. The Labute approximate surface area is 338 Å². The van der Waals surface area contributed by atoms with Crippen molar-refractivity contribution in [1.29, 1.82) is 0 Å². The van der Waals surface area contributed by atoms with Crippen molar-refractivity contribution in [3.05, 3.63) is 24.3 Å². The number of allylic oxidation sites excluding steroid dienone is 4. The lowest BCUT2D eigenvalue weighted by atomic mass is 10.1. The minimum atomic E-state index is -0.586. The third-order valence-electron chi connectivity index (χ3n) is 9.21. The first kappa shape index (κ1) is 52.6. The van der Waals surface area contributed by atoms with Crippen LogP contribution in [0.1, 0.15) is 123 Å². The summed E-state index contributed by atoms with van der Waals surface area (Å²) >= 11 is 0. The maximum absolute atomic E-state index is 13.9. The number of carbonyl (C=O) groups is 5. The number of nitrogens with zero attached hydrogens (tertiary/aromatic N) is 2. The van der Waals surface area contributed by atoms with Crippen LogP contribution in [0.5, 0.6) is 0 Å². The van der Waals surface area contributed by atoms with E-state index in [1.807, 2.05) is 23.1 Å². The fourth-order valence-electron chi connectivity index (χ4n) is 5.82. The van der Waals surface area contributed by atoms with E-state index in [1.54, 1.807) is 0 Å². The number of hydrogen-bond acceptors (Lipinski definition) is 10. The Morgan fingerprint density at radius 2 is 0.964 bits per heavy atom. The molecule has 0 rings (SSSR count).